The number of rotatable bonds is 5. The van der Waals surface area contributed by atoms with Gasteiger partial charge in [-0.05, 0) is 37.3 Å². The smallest absolute Gasteiger partial charge is 0.407 e. The van der Waals surface area contributed by atoms with E-state index in [0.717, 1.165) is 42.4 Å². The Bertz CT molecular complexity index is 763. The molecule has 2 N–H and O–H groups in total. The lowest BCUT2D eigenvalue weighted by Gasteiger charge is -2.33. The van der Waals surface area contributed by atoms with Crippen LogP contribution in [0.5, 0.6) is 0 Å². The molecule has 1 aromatic carbocycles. The number of para-hydroxylation sites is 1. The number of alkyl carbamates (subject to hydrolysis) is 1. The minimum atomic E-state index is -0.623. The minimum absolute atomic E-state index is 0.0322. The average Bonchev–Trinajstić information content (AvgIpc) is 3.04. The van der Waals surface area contributed by atoms with E-state index in [1.807, 2.05) is 35.4 Å². The van der Waals surface area contributed by atoms with Gasteiger partial charge in [0.25, 0.3) is 0 Å². The predicted molar refractivity (Wildman–Crippen MR) is 101 cm³/mol. The van der Waals surface area contributed by atoms with Gasteiger partial charge in [-0.2, -0.15) is 0 Å². The van der Waals surface area contributed by atoms with E-state index in [1.54, 1.807) is 6.92 Å². The zero-order chi connectivity index (χ0) is 18.5. The van der Waals surface area contributed by atoms with Gasteiger partial charge in [-0.25, -0.2) is 4.79 Å². The first-order valence-corrected chi connectivity index (χ1v) is 9.35. The van der Waals surface area contributed by atoms with Gasteiger partial charge in [-0.3, -0.25) is 4.79 Å². The molecule has 3 rings (SSSR count). The van der Waals surface area contributed by atoms with Crippen molar-refractivity contribution >= 4 is 22.9 Å². The number of aromatic amines is 1. The number of amides is 2. The van der Waals surface area contributed by atoms with E-state index in [4.69, 9.17) is 4.74 Å². The molecule has 2 aromatic rings. The van der Waals surface area contributed by atoms with Gasteiger partial charge in [0.05, 0.1) is 6.61 Å². The maximum atomic E-state index is 13.1. The van der Waals surface area contributed by atoms with Gasteiger partial charge in [0.1, 0.15) is 6.04 Å². The van der Waals surface area contributed by atoms with Crippen molar-refractivity contribution in [1.29, 1.82) is 0 Å². The van der Waals surface area contributed by atoms with Crippen LogP contribution in [0.2, 0.25) is 0 Å². The second kappa shape index (κ2) is 8.25. The Balaban J connectivity index is 1.78. The summed E-state index contributed by atoms with van der Waals surface area (Å²) in [6, 6.07) is 7.34. The van der Waals surface area contributed by atoms with E-state index in [9.17, 15) is 9.59 Å². The molecular weight excluding hydrogens is 330 g/mol. The lowest BCUT2D eigenvalue weighted by Crippen LogP contribution is -2.51. The number of likely N-dealkylation sites (tertiary alicyclic amines) is 1. The molecule has 6 nitrogen and oxygen atoms in total. The lowest BCUT2D eigenvalue weighted by atomic mass is 9.97. The maximum absolute atomic E-state index is 13.1. The Hall–Kier alpha value is -2.50. The van der Waals surface area contributed by atoms with Crippen LogP contribution in [0.1, 0.15) is 32.3 Å². The Kier molecular flexibility index (Phi) is 5.81. The Labute approximate surface area is 153 Å². The van der Waals surface area contributed by atoms with Gasteiger partial charge < -0.3 is 19.9 Å². The summed E-state index contributed by atoms with van der Waals surface area (Å²) in [6.07, 6.45) is 3.82. The van der Waals surface area contributed by atoms with Crippen molar-refractivity contribution in [3.8, 4) is 0 Å². The van der Waals surface area contributed by atoms with Gasteiger partial charge in [0.2, 0.25) is 5.91 Å². The van der Waals surface area contributed by atoms with Crippen molar-refractivity contribution in [2.45, 2.75) is 39.2 Å². The van der Waals surface area contributed by atoms with Gasteiger partial charge in [-0.1, -0.05) is 25.1 Å². The third kappa shape index (κ3) is 4.18. The Morgan fingerprint density at radius 1 is 1.31 bits per heavy atom. The normalized spacial score (nSPS) is 16.5. The van der Waals surface area contributed by atoms with Crippen LogP contribution in [0.4, 0.5) is 4.79 Å². The highest BCUT2D eigenvalue weighted by molar-refractivity contribution is 5.88. The topological polar surface area (TPSA) is 74.4 Å². The van der Waals surface area contributed by atoms with Crippen molar-refractivity contribution in [2.75, 3.05) is 19.7 Å². The van der Waals surface area contributed by atoms with E-state index < -0.39 is 12.1 Å². The fourth-order valence-electron chi connectivity index (χ4n) is 3.48. The summed E-state index contributed by atoms with van der Waals surface area (Å²) in [7, 11) is 0. The van der Waals surface area contributed by atoms with Gasteiger partial charge in [0.15, 0.2) is 0 Å². The number of ether oxygens (including phenoxy) is 1. The highest BCUT2D eigenvalue weighted by Crippen LogP contribution is 2.21. The molecule has 0 saturated carbocycles. The number of fused-ring (bicyclic) bond motifs is 1. The summed E-state index contributed by atoms with van der Waals surface area (Å²) in [4.78, 5) is 30.1. The summed E-state index contributed by atoms with van der Waals surface area (Å²) >= 11 is 0. The fraction of sp³-hybridized carbons (Fsp3) is 0.500. The first-order chi connectivity index (χ1) is 12.6. The van der Waals surface area contributed by atoms with E-state index in [2.05, 4.69) is 17.2 Å². The number of hydrogen-bond donors (Lipinski definition) is 2. The highest BCUT2D eigenvalue weighted by Gasteiger charge is 2.29. The minimum Gasteiger partial charge on any atom is -0.450 e. The number of hydrogen-bond acceptors (Lipinski definition) is 3. The van der Waals surface area contributed by atoms with Crippen LogP contribution in [0, 0.1) is 5.92 Å². The molecule has 1 fully saturated rings. The Morgan fingerprint density at radius 2 is 2.04 bits per heavy atom. The maximum Gasteiger partial charge on any atom is 0.407 e. The number of nitrogens with one attached hydrogen (secondary N) is 2. The van der Waals surface area contributed by atoms with E-state index in [1.165, 1.54) is 0 Å². The number of piperidine rings is 1. The van der Waals surface area contributed by atoms with Crippen LogP contribution in [-0.2, 0) is 16.0 Å². The summed E-state index contributed by atoms with van der Waals surface area (Å²) in [6.45, 7) is 5.73. The third-order valence-corrected chi connectivity index (χ3v) is 5.06. The zero-order valence-corrected chi connectivity index (χ0v) is 15.5. The van der Waals surface area contributed by atoms with Crippen molar-refractivity contribution in [1.82, 2.24) is 15.2 Å². The van der Waals surface area contributed by atoms with Crippen molar-refractivity contribution in [3.05, 3.63) is 36.0 Å². The van der Waals surface area contributed by atoms with Crippen LogP contribution in [0.25, 0.3) is 10.9 Å². The molecule has 0 bridgehead atoms. The van der Waals surface area contributed by atoms with Gasteiger partial charge >= 0.3 is 6.09 Å². The largest absolute Gasteiger partial charge is 0.450 e. The predicted octanol–water partition coefficient (Wildman–Crippen LogP) is 3.08. The summed E-state index contributed by atoms with van der Waals surface area (Å²) in [5.41, 5.74) is 2.04. The highest BCUT2D eigenvalue weighted by atomic mass is 16.5. The van der Waals surface area contributed by atoms with E-state index in [0.29, 0.717) is 12.3 Å². The number of H-pyrrole nitrogens is 1. The molecule has 140 valence electrons. The van der Waals surface area contributed by atoms with Crippen LogP contribution < -0.4 is 5.32 Å². The number of carbonyl (C=O) groups excluding carboxylic acids is 2. The molecule has 1 aromatic heterocycles. The molecule has 0 unspecified atom stereocenters. The SMILES string of the molecule is CCOC(=O)N[C@@H](Cc1c[nH]c2ccccc12)C(=O)N1CCC(C)CC1. The number of nitrogens with zero attached hydrogens (tertiary/aromatic N) is 1. The van der Waals surface area contributed by atoms with Crippen molar-refractivity contribution < 1.29 is 14.3 Å². The molecule has 0 aliphatic carbocycles. The molecular formula is C20H27N3O3. The lowest BCUT2D eigenvalue weighted by molar-refractivity contribution is -0.134. The van der Waals surface area contributed by atoms with Crippen molar-refractivity contribution in [2.24, 2.45) is 5.92 Å². The average molecular weight is 357 g/mol. The van der Waals surface area contributed by atoms with Crippen LogP contribution in [0.15, 0.2) is 30.5 Å². The molecule has 2 amide bonds. The first kappa shape index (κ1) is 18.3. The second-order valence-electron chi connectivity index (χ2n) is 6.99. The molecule has 1 aliphatic heterocycles. The third-order valence-electron chi connectivity index (χ3n) is 5.06. The quantitative estimate of drug-likeness (QED) is 0.863. The van der Waals surface area contributed by atoms with Crippen LogP contribution in [0.3, 0.4) is 0 Å². The van der Waals surface area contributed by atoms with E-state index in [-0.39, 0.29) is 12.5 Å². The molecule has 26 heavy (non-hydrogen) atoms. The monoisotopic (exact) mass is 357 g/mol. The van der Waals surface area contributed by atoms with Gasteiger partial charge in [0, 0.05) is 36.6 Å². The molecule has 2 heterocycles. The number of carbonyl (C=O) groups is 2. The molecule has 0 spiro atoms. The summed E-state index contributed by atoms with van der Waals surface area (Å²) < 4.78 is 5.00. The number of benzene rings is 1. The summed E-state index contributed by atoms with van der Waals surface area (Å²) in [5, 5.41) is 3.84. The van der Waals surface area contributed by atoms with Crippen molar-refractivity contribution in [3.63, 3.8) is 0 Å². The fourth-order valence-corrected chi connectivity index (χ4v) is 3.48. The van der Waals surface area contributed by atoms with E-state index >= 15 is 0 Å². The van der Waals surface area contributed by atoms with Crippen LogP contribution >= 0.6 is 0 Å². The second-order valence-corrected chi connectivity index (χ2v) is 6.99. The molecule has 0 radical (unpaired) electrons. The molecule has 1 atom stereocenters. The number of aromatic nitrogens is 1. The zero-order valence-electron chi connectivity index (χ0n) is 15.5. The molecule has 6 heteroatoms. The Morgan fingerprint density at radius 3 is 2.77 bits per heavy atom. The summed E-state index contributed by atoms with van der Waals surface area (Å²) in [5.74, 6) is 0.611. The van der Waals surface area contributed by atoms with Gasteiger partial charge in [-0.15, -0.1) is 0 Å². The first-order valence-electron chi connectivity index (χ1n) is 9.35. The van der Waals surface area contributed by atoms with Crippen LogP contribution in [-0.4, -0.2) is 47.6 Å². The molecule has 1 aliphatic rings. The standard InChI is InChI=1S/C20H27N3O3/c1-3-26-20(25)22-18(19(24)23-10-8-14(2)9-11-23)12-15-13-21-17-7-5-4-6-16(15)17/h4-7,13-14,18,21H,3,8-12H2,1-2H3,(H,22,25)/t18-/m0/s1. The molecule has 1 saturated heterocycles.